The van der Waals surface area contributed by atoms with Gasteiger partial charge in [-0.1, -0.05) is 103 Å². The Morgan fingerprint density at radius 3 is 2.06 bits per heavy atom. The molecule has 1 aliphatic rings. The molecule has 9 rings (SSSR count). The van der Waals surface area contributed by atoms with Crippen molar-refractivity contribution in [3.05, 3.63) is 186 Å². The number of allylic oxidation sites excluding steroid dienone is 1. The summed E-state index contributed by atoms with van der Waals surface area (Å²) >= 11 is 0. The number of aryl methyl sites for hydroxylation is 1. The summed E-state index contributed by atoms with van der Waals surface area (Å²) < 4.78 is 1.72. The molecule has 0 spiro atoms. The minimum absolute atomic E-state index is 0.0999. The second-order valence-electron chi connectivity index (χ2n) is 16.3. The number of nitrogens with zero attached hydrogens (tertiary/aromatic N) is 4. The van der Waals surface area contributed by atoms with E-state index in [-0.39, 0.29) is 43.7 Å². The van der Waals surface area contributed by atoms with Crippen molar-refractivity contribution in [3.8, 4) is 0 Å². The number of carbonyl (C=O) groups excluding carboxylic acids is 3. The SMILES string of the molecule is C[C@@H](/C=C/CCn1cc(C(CO)c2ccccc2)nn1)[C@]1(O)C(=O)N(Cc2ccc(NC(=O)Cc3c[nH]c4ccccc34)cc2)c2ccc(NC(=O)Cc3c[nH]c4ccccc34)cc21. The van der Waals surface area contributed by atoms with Crippen molar-refractivity contribution in [3.63, 3.8) is 0 Å². The first-order valence-corrected chi connectivity index (χ1v) is 21.4. The van der Waals surface area contributed by atoms with Crippen LogP contribution >= 0.6 is 0 Å². The van der Waals surface area contributed by atoms with Crippen LogP contribution in [0.5, 0.6) is 0 Å². The van der Waals surface area contributed by atoms with Gasteiger partial charge in [0.1, 0.15) is 0 Å². The molecule has 3 aromatic heterocycles. The Bertz CT molecular complexity index is 2990. The summed E-state index contributed by atoms with van der Waals surface area (Å²) in [5, 5.41) is 39.2. The van der Waals surface area contributed by atoms with E-state index in [4.69, 9.17) is 0 Å². The lowest BCUT2D eigenvalue weighted by molar-refractivity contribution is -0.139. The number of fused-ring (bicyclic) bond motifs is 3. The number of anilines is 3. The molecular formula is C51H48N8O5. The fourth-order valence-electron chi connectivity index (χ4n) is 8.65. The van der Waals surface area contributed by atoms with Gasteiger partial charge in [0.25, 0.3) is 5.91 Å². The smallest absolute Gasteiger partial charge is 0.264 e. The van der Waals surface area contributed by atoms with Crippen molar-refractivity contribution in [1.29, 1.82) is 0 Å². The number of nitrogens with one attached hydrogen (secondary N) is 4. The molecule has 4 heterocycles. The second kappa shape index (κ2) is 18.0. The number of carbonyl (C=O) groups is 3. The third kappa shape index (κ3) is 8.46. The van der Waals surface area contributed by atoms with Crippen LogP contribution in [0.4, 0.5) is 17.1 Å². The molecule has 0 bridgehead atoms. The van der Waals surface area contributed by atoms with Gasteiger partial charge in [0.2, 0.25) is 11.8 Å². The van der Waals surface area contributed by atoms with Crippen LogP contribution in [0.25, 0.3) is 21.8 Å². The maximum absolute atomic E-state index is 14.6. The van der Waals surface area contributed by atoms with Crippen LogP contribution in [0.2, 0.25) is 0 Å². The van der Waals surface area contributed by atoms with E-state index in [1.807, 2.05) is 122 Å². The number of para-hydroxylation sites is 2. The number of hydrogen-bond donors (Lipinski definition) is 6. The Balaban J connectivity index is 0.913. The van der Waals surface area contributed by atoms with Crippen LogP contribution in [0.15, 0.2) is 152 Å². The Hall–Kier alpha value is -7.61. The predicted octanol–water partition coefficient (Wildman–Crippen LogP) is 7.74. The minimum Gasteiger partial charge on any atom is -0.395 e. The van der Waals surface area contributed by atoms with Gasteiger partial charge in [-0.05, 0) is 71.1 Å². The highest BCUT2D eigenvalue weighted by molar-refractivity contribution is 6.08. The minimum atomic E-state index is -1.95. The van der Waals surface area contributed by atoms with Crippen LogP contribution in [0, 0.1) is 5.92 Å². The van der Waals surface area contributed by atoms with Gasteiger partial charge in [-0.2, -0.15) is 0 Å². The first-order chi connectivity index (χ1) is 31.2. The molecule has 322 valence electrons. The van der Waals surface area contributed by atoms with Crippen LogP contribution < -0.4 is 15.5 Å². The molecule has 0 radical (unpaired) electrons. The second-order valence-corrected chi connectivity index (χ2v) is 16.3. The molecule has 0 saturated carbocycles. The third-order valence-corrected chi connectivity index (χ3v) is 12.1. The first kappa shape index (κ1) is 41.7. The Kier molecular flexibility index (Phi) is 11.7. The van der Waals surface area contributed by atoms with E-state index in [0.717, 1.165) is 44.1 Å². The predicted molar refractivity (Wildman–Crippen MR) is 248 cm³/mol. The highest BCUT2D eigenvalue weighted by Crippen LogP contribution is 2.47. The molecule has 0 saturated heterocycles. The van der Waals surface area contributed by atoms with Crippen LogP contribution in [0.1, 0.15) is 52.8 Å². The number of aliphatic hydroxyl groups excluding tert-OH is 1. The van der Waals surface area contributed by atoms with Crippen molar-refractivity contribution in [2.45, 2.75) is 50.8 Å². The Morgan fingerprint density at radius 1 is 0.797 bits per heavy atom. The van der Waals surface area contributed by atoms with Gasteiger partial charge < -0.3 is 35.7 Å². The number of aliphatic hydroxyl groups is 2. The molecule has 64 heavy (non-hydrogen) atoms. The molecule has 0 aliphatic carbocycles. The lowest BCUT2D eigenvalue weighted by Gasteiger charge is -2.28. The molecule has 1 aliphatic heterocycles. The summed E-state index contributed by atoms with van der Waals surface area (Å²) in [6.07, 6.45) is 10.1. The van der Waals surface area contributed by atoms with Gasteiger partial charge in [0, 0.05) is 69.8 Å². The third-order valence-electron chi connectivity index (χ3n) is 12.1. The average molecular weight is 853 g/mol. The van der Waals surface area contributed by atoms with E-state index >= 15 is 0 Å². The largest absolute Gasteiger partial charge is 0.395 e. The van der Waals surface area contributed by atoms with Gasteiger partial charge in [0.15, 0.2) is 5.60 Å². The lowest BCUT2D eigenvalue weighted by Crippen LogP contribution is -2.44. The van der Waals surface area contributed by atoms with E-state index < -0.39 is 17.4 Å². The molecule has 6 N–H and O–H groups in total. The molecule has 13 nitrogen and oxygen atoms in total. The standard InChI is InChI=1S/C51H48N8O5/c1-33(11-9-10-24-58-31-46(56-57-58)42(32-60)35-12-3-2-4-13-35)51(64)43-27-39(55-49(62)26-37-29-53-45-17-8-6-15-41(37)45)22-23-47(43)59(50(51)63)30-34-18-20-38(21-19-34)54-48(61)25-36-28-52-44-16-7-5-14-40(36)44/h2-9,11-23,27-29,31,33,42,52-53,60,64H,10,24-26,30,32H2,1H3,(H,54,61)(H,55,62)/b11-9+/t33-,42?,51+/m0/s1. The molecular weight excluding hydrogens is 805 g/mol. The van der Waals surface area contributed by atoms with E-state index in [1.165, 1.54) is 0 Å². The fraction of sp³-hybridized carbons (Fsp3) is 0.196. The van der Waals surface area contributed by atoms with E-state index in [0.29, 0.717) is 41.3 Å². The van der Waals surface area contributed by atoms with Gasteiger partial charge in [-0.25, -0.2) is 0 Å². The molecule has 0 fully saturated rings. The average Bonchev–Trinajstić information content (AvgIpc) is 4.10. The summed E-state index contributed by atoms with van der Waals surface area (Å²) in [5.74, 6) is -1.84. The molecule has 13 heteroatoms. The number of H-pyrrole nitrogens is 2. The first-order valence-electron chi connectivity index (χ1n) is 21.4. The van der Waals surface area contributed by atoms with E-state index in [9.17, 15) is 24.6 Å². The zero-order valence-electron chi connectivity index (χ0n) is 35.2. The fourth-order valence-corrected chi connectivity index (χ4v) is 8.65. The normalized spacial score (nSPS) is 15.8. The number of rotatable bonds is 16. The van der Waals surface area contributed by atoms with Gasteiger partial charge in [-0.3, -0.25) is 19.1 Å². The number of aromatic nitrogens is 5. The van der Waals surface area contributed by atoms with Gasteiger partial charge in [-0.15, -0.1) is 5.10 Å². The number of amides is 3. The topological polar surface area (TPSA) is 181 Å². The molecule has 5 aromatic carbocycles. The van der Waals surface area contributed by atoms with Crippen molar-refractivity contribution in [2.24, 2.45) is 5.92 Å². The van der Waals surface area contributed by atoms with Crippen LogP contribution in [-0.4, -0.2) is 59.5 Å². The number of benzene rings is 5. The highest BCUT2D eigenvalue weighted by Gasteiger charge is 2.52. The van der Waals surface area contributed by atoms with E-state index in [2.05, 4.69) is 30.9 Å². The molecule has 1 unspecified atom stereocenters. The van der Waals surface area contributed by atoms with Crippen LogP contribution in [-0.2, 0) is 45.9 Å². The van der Waals surface area contributed by atoms with Crippen molar-refractivity contribution >= 4 is 56.6 Å². The maximum atomic E-state index is 14.6. The summed E-state index contributed by atoms with van der Waals surface area (Å²) in [6.45, 7) is 2.35. The summed E-state index contributed by atoms with van der Waals surface area (Å²) in [6, 6.07) is 37.8. The summed E-state index contributed by atoms with van der Waals surface area (Å²) in [7, 11) is 0. The van der Waals surface area contributed by atoms with Crippen LogP contribution in [0.3, 0.4) is 0 Å². The number of aromatic amines is 2. The lowest BCUT2D eigenvalue weighted by atomic mass is 9.82. The zero-order valence-corrected chi connectivity index (χ0v) is 35.2. The van der Waals surface area contributed by atoms with Gasteiger partial charge >= 0.3 is 0 Å². The van der Waals surface area contributed by atoms with E-state index in [1.54, 1.807) is 46.8 Å². The zero-order chi connectivity index (χ0) is 44.2. The van der Waals surface area contributed by atoms with Gasteiger partial charge in [0.05, 0.1) is 43.3 Å². The van der Waals surface area contributed by atoms with Crippen molar-refractivity contribution in [2.75, 3.05) is 22.1 Å². The maximum Gasteiger partial charge on any atom is 0.264 e. The quantitative estimate of drug-likeness (QED) is 0.0538. The highest BCUT2D eigenvalue weighted by atomic mass is 16.3. The Morgan fingerprint density at radius 2 is 1.41 bits per heavy atom. The number of hydrogen-bond acceptors (Lipinski definition) is 7. The summed E-state index contributed by atoms with van der Waals surface area (Å²) in [5.41, 5.74) is 6.13. The molecule has 8 aromatic rings. The Labute approximate surface area is 369 Å². The molecule has 3 atom stereocenters. The van der Waals surface area contributed by atoms with Crippen molar-refractivity contribution in [1.82, 2.24) is 25.0 Å². The summed E-state index contributed by atoms with van der Waals surface area (Å²) in [4.78, 5) is 49.0. The monoisotopic (exact) mass is 852 g/mol. The van der Waals surface area contributed by atoms with Crippen molar-refractivity contribution < 1.29 is 24.6 Å². The molecule has 3 amide bonds.